The molecular weight excluding hydrogens is 512 g/mol. The number of aryl methyl sites for hydroxylation is 1. The molecule has 9 heteroatoms. The van der Waals surface area contributed by atoms with Gasteiger partial charge >= 0.3 is 18.2 Å². The van der Waals surface area contributed by atoms with Crippen LogP contribution in [0.2, 0.25) is 0 Å². The highest BCUT2D eigenvalue weighted by Crippen LogP contribution is 2.44. The number of carboxylic acid groups (broad SMARTS) is 1. The van der Waals surface area contributed by atoms with Gasteiger partial charge in [0.15, 0.2) is 6.04 Å². The second-order valence-electron chi connectivity index (χ2n) is 10.6. The van der Waals surface area contributed by atoms with Crippen LogP contribution in [-0.4, -0.2) is 48.1 Å². The molecule has 0 unspecified atom stereocenters. The second kappa shape index (κ2) is 12.1. The number of nitrogens with one attached hydrogen (secondary N) is 2. The van der Waals surface area contributed by atoms with E-state index in [1.165, 1.54) is 0 Å². The topological polar surface area (TPSA) is 123 Å². The number of carbonyl (C=O) groups excluding carboxylic acids is 2. The van der Waals surface area contributed by atoms with Crippen molar-refractivity contribution in [2.45, 2.75) is 51.8 Å². The van der Waals surface area contributed by atoms with Gasteiger partial charge in [-0.2, -0.15) is 0 Å². The Labute approximate surface area is 233 Å². The van der Waals surface area contributed by atoms with E-state index in [4.69, 9.17) is 14.2 Å². The lowest BCUT2D eigenvalue weighted by Crippen LogP contribution is -2.45. The first-order valence-electron chi connectivity index (χ1n) is 13.1. The maximum atomic E-state index is 12.6. The largest absolute Gasteiger partial charge is 0.491 e. The molecule has 3 aromatic rings. The van der Waals surface area contributed by atoms with Gasteiger partial charge in [0.1, 0.15) is 24.6 Å². The summed E-state index contributed by atoms with van der Waals surface area (Å²) in [6.45, 7) is 7.21. The third-order valence-electron chi connectivity index (χ3n) is 6.41. The summed E-state index contributed by atoms with van der Waals surface area (Å²) in [6, 6.07) is 19.9. The Hall–Kier alpha value is -4.53. The minimum atomic E-state index is -1.32. The standard InChI is InChI=1S/C31H34N2O7/c1-19-15-20(16-32-29(36)40-31(2,3)4)13-14-27(19)38-18-26(28(34)35)33-30(37)39-17-25-23-11-7-5-9-21(23)22-10-6-8-12-24(22)25/h5-15,25-26H,16-18H2,1-4H3,(H,32,36)(H,33,37)(H,34,35)/t26-/m0/s1. The zero-order valence-electron chi connectivity index (χ0n) is 23.0. The molecule has 0 spiro atoms. The normalized spacial score (nSPS) is 13.0. The number of carboxylic acids is 1. The molecule has 1 atom stereocenters. The molecule has 2 amide bonds. The summed E-state index contributed by atoms with van der Waals surface area (Å²) in [5.74, 6) is -0.922. The molecule has 40 heavy (non-hydrogen) atoms. The first kappa shape index (κ1) is 28.5. The van der Waals surface area contributed by atoms with Gasteiger partial charge in [-0.1, -0.05) is 60.7 Å². The van der Waals surface area contributed by atoms with Crippen LogP contribution in [0.3, 0.4) is 0 Å². The van der Waals surface area contributed by atoms with E-state index < -0.39 is 29.8 Å². The minimum absolute atomic E-state index is 0.0744. The molecule has 0 heterocycles. The highest BCUT2D eigenvalue weighted by atomic mass is 16.6. The number of ether oxygens (including phenoxy) is 3. The monoisotopic (exact) mass is 546 g/mol. The van der Waals surface area contributed by atoms with Crippen molar-refractivity contribution in [1.29, 1.82) is 0 Å². The van der Waals surface area contributed by atoms with Crippen molar-refractivity contribution in [1.82, 2.24) is 10.6 Å². The molecule has 4 rings (SSSR count). The van der Waals surface area contributed by atoms with E-state index in [-0.39, 0.29) is 25.7 Å². The summed E-state index contributed by atoms with van der Waals surface area (Å²) in [4.78, 5) is 36.3. The second-order valence-corrected chi connectivity index (χ2v) is 10.6. The number of benzene rings is 3. The molecule has 3 aromatic carbocycles. The maximum Gasteiger partial charge on any atom is 0.407 e. The van der Waals surface area contributed by atoms with Gasteiger partial charge in [0.25, 0.3) is 0 Å². The Kier molecular flexibility index (Phi) is 8.62. The third-order valence-corrected chi connectivity index (χ3v) is 6.41. The summed E-state index contributed by atoms with van der Waals surface area (Å²) in [5, 5.41) is 14.7. The van der Waals surface area contributed by atoms with Crippen molar-refractivity contribution in [2.75, 3.05) is 13.2 Å². The minimum Gasteiger partial charge on any atom is -0.491 e. The zero-order chi connectivity index (χ0) is 28.9. The Morgan fingerprint density at radius 1 is 0.925 bits per heavy atom. The molecule has 3 N–H and O–H groups in total. The highest BCUT2D eigenvalue weighted by molar-refractivity contribution is 5.81. The van der Waals surface area contributed by atoms with E-state index in [1.807, 2.05) is 54.6 Å². The number of carbonyl (C=O) groups is 3. The van der Waals surface area contributed by atoms with Crippen LogP contribution >= 0.6 is 0 Å². The van der Waals surface area contributed by atoms with Crippen LogP contribution in [0.5, 0.6) is 5.75 Å². The van der Waals surface area contributed by atoms with Gasteiger partial charge in [0, 0.05) is 12.5 Å². The number of aliphatic carboxylic acids is 1. The molecule has 0 radical (unpaired) electrons. The molecule has 0 aliphatic heterocycles. The number of hydrogen-bond donors (Lipinski definition) is 3. The Balaban J connectivity index is 1.30. The number of alkyl carbamates (subject to hydrolysis) is 2. The molecule has 1 aliphatic rings. The van der Waals surface area contributed by atoms with E-state index in [0.717, 1.165) is 33.4 Å². The third kappa shape index (κ3) is 7.11. The highest BCUT2D eigenvalue weighted by Gasteiger charge is 2.30. The van der Waals surface area contributed by atoms with Crippen molar-refractivity contribution >= 4 is 18.2 Å². The van der Waals surface area contributed by atoms with Crippen LogP contribution in [0.1, 0.15) is 48.9 Å². The molecule has 0 saturated heterocycles. The van der Waals surface area contributed by atoms with E-state index in [0.29, 0.717) is 5.75 Å². The quantitative estimate of drug-likeness (QED) is 0.329. The predicted molar refractivity (Wildman–Crippen MR) is 149 cm³/mol. The first-order valence-corrected chi connectivity index (χ1v) is 13.1. The summed E-state index contributed by atoms with van der Waals surface area (Å²) in [7, 11) is 0. The Morgan fingerprint density at radius 2 is 1.55 bits per heavy atom. The predicted octanol–water partition coefficient (Wildman–Crippen LogP) is 5.39. The van der Waals surface area contributed by atoms with Crippen LogP contribution < -0.4 is 15.4 Å². The van der Waals surface area contributed by atoms with Crippen LogP contribution in [0.4, 0.5) is 9.59 Å². The lowest BCUT2D eigenvalue weighted by molar-refractivity contribution is -0.140. The Bertz CT molecular complexity index is 1350. The van der Waals surface area contributed by atoms with Crippen molar-refractivity contribution in [2.24, 2.45) is 0 Å². The lowest BCUT2D eigenvalue weighted by atomic mass is 9.98. The van der Waals surface area contributed by atoms with Crippen molar-refractivity contribution in [3.8, 4) is 16.9 Å². The van der Waals surface area contributed by atoms with Crippen LogP contribution in [0.25, 0.3) is 11.1 Å². The SMILES string of the molecule is Cc1cc(CNC(=O)OC(C)(C)C)ccc1OC[C@H](NC(=O)OCC1c2ccccc2-c2ccccc21)C(=O)O. The van der Waals surface area contributed by atoms with Gasteiger partial charge in [-0.3, -0.25) is 0 Å². The number of hydrogen-bond acceptors (Lipinski definition) is 6. The summed E-state index contributed by atoms with van der Waals surface area (Å²) < 4.78 is 16.4. The zero-order valence-corrected chi connectivity index (χ0v) is 23.0. The van der Waals surface area contributed by atoms with Crippen LogP contribution in [0, 0.1) is 6.92 Å². The van der Waals surface area contributed by atoms with E-state index in [9.17, 15) is 19.5 Å². The van der Waals surface area contributed by atoms with Gasteiger partial charge < -0.3 is 30.0 Å². The molecule has 0 bridgehead atoms. The molecule has 0 aromatic heterocycles. The fourth-order valence-electron chi connectivity index (χ4n) is 4.60. The molecule has 0 fully saturated rings. The number of rotatable bonds is 9. The molecule has 9 nitrogen and oxygen atoms in total. The van der Waals surface area contributed by atoms with E-state index in [2.05, 4.69) is 10.6 Å². The van der Waals surface area contributed by atoms with Crippen LogP contribution in [-0.2, 0) is 20.8 Å². The van der Waals surface area contributed by atoms with Gasteiger partial charge in [-0.15, -0.1) is 0 Å². The van der Waals surface area contributed by atoms with Gasteiger partial charge in [-0.05, 0) is 67.1 Å². The summed E-state index contributed by atoms with van der Waals surface area (Å²) in [6.07, 6.45) is -1.35. The van der Waals surface area contributed by atoms with E-state index in [1.54, 1.807) is 39.8 Å². The van der Waals surface area contributed by atoms with E-state index >= 15 is 0 Å². The lowest BCUT2D eigenvalue weighted by Gasteiger charge is -2.20. The number of amides is 2. The smallest absolute Gasteiger partial charge is 0.407 e. The van der Waals surface area contributed by atoms with Crippen molar-refractivity contribution in [3.63, 3.8) is 0 Å². The average molecular weight is 547 g/mol. The Morgan fingerprint density at radius 3 is 2.12 bits per heavy atom. The molecule has 1 aliphatic carbocycles. The fourth-order valence-corrected chi connectivity index (χ4v) is 4.60. The molecular formula is C31H34N2O7. The van der Waals surface area contributed by atoms with Crippen LogP contribution in [0.15, 0.2) is 66.7 Å². The molecule has 210 valence electrons. The first-order chi connectivity index (χ1) is 19.0. The number of fused-ring (bicyclic) bond motifs is 3. The van der Waals surface area contributed by atoms with Gasteiger partial charge in [0.05, 0.1) is 0 Å². The van der Waals surface area contributed by atoms with Crippen molar-refractivity contribution < 1.29 is 33.7 Å². The maximum absolute atomic E-state index is 12.6. The van der Waals surface area contributed by atoms with Crippen molar-refractivity contribution in [3.05, 3.63) is 89.0 Å². The van der Waals surface area contributed by atoms with Gasteiger partial charge in [0.2, 0.25) is 0 Å². The fraction of sp³-hybridized carbons (Fsp3) is 0.323. The summed E-state index contributed by atoms with van der Waals surface area (Å²) in [5.41, 5.74) is 5.31. The van der Waals surface area contributed by atoms with Gasteiger partial charge in [-0.25, -0.2) is 14.4 Å². The average Bonchev–Trinajstić information content (AvgIpc) is 3.22. The summed E-state index contributed by atoms with van der Waals surface area (Å²) >= 11 is 0. The molecule has 0 saturated carbocycles.